The Morgan fingerprint density at radius 3 is 2.95 bits per heavy atom. The largest absolute Gasteiger partial charge is 0.352 e. The number of para-hydroxylation sites is 1. The molecular weight excluding hydrogens is 266 g/mol. The van der Waals surface area contributed by atoms with Crippen LogP contribution >= 0.6 is 11.8 Å². The molecule has 3 rings (SSSR count). The second-order valence-electron chi connectivity index (χ2n) is 5.37. The monoisotopic (exact) mass is 287 g/mol. The van der Waals surface area contributed by atoms with E-state index in [1.165, 1.54) is 10.9 Å². The minimum absolute atomic E-state index is 0.507. The quantitative estimate of drug-likeness (QED) is 0.922. The molecule has 2 N–H and O–H groups in total. The Hall–Kier alpha value is -1.26. The summed E-state index contributed by atoms with van der Waals surface area (Å²) in [6.07, 6.45) is 0. The van der Waals surface area contributed by atoms with Crippen molar-refractivity contribution in [3.63, 3.8) is 0 Å². The molecule has 0 aliphatic carbocycles. The lowest BCUT2D eigenvalue weighted by atomic mass is 10.1. The number of pyridine rings is 1. The molecule has 4 heteroatoms. The highest BCUT2D eigenvalue weighted by atomic mass is 32.2. The van der Waals surface area contributed by atoms with Gasteiger partial charge in [-0.3, -0.25) is 0 Å². The van der Waals surface area contributed by atoms with Gasteiger partial charge in [0.25, 0.3) is 0 Å². The van der Waals surface area contributed by atoms with E-state index in [0.717, 1.165) is 23.6 Å². The first-order chi connectivity index (χ1) is 9.70. The van der Waals surface area contributed by atoms with E-state index >= 15 is 0 Å². The molecule has 1 aliphatic rings. The van der Waals surface area contributed by atoms with Crippen LogP contribution in [0.4, 0.5) is 5.82 Å². The van der Waals surface area contributed by atoms with Crippen LogP contribution in [0.3, 0.4) is 0 Å². The lowest BCUT2D eigenvalue weighted by molar-refractivity contribution is 0.621. The fraction of sp³-hybridized carbons (Fsp3) is 0.438. The molecule has 2 heterocycles. The predicted molar refractivity (Wildman–Crippen MR) is 88.4 cm³/mol. The third-order valence-electron chi connectivity index (χ3n) is 4.19. The molecule has 2 atom stereocenters. The van der Waals surface area contributed by atoms with Gasteiger partial charge in [-0.05, 0) is 24.6 Å². The maximum absolute atomic E-state index is 5.93. The van der Waals surface area contributed by atoms with E-state index in [9.17, 15) is 0 Å². The van der Waals surface area contributed by atoms with Crippen LogP contribution in [0.15, 0.2) is 30.3 Å². The van der Waals surface area contributed by atoms with Gasteiger partial charge in [0.15, 0.2) is 0 Å². The molecule has 0 radical (unpaired) electrons. The molecule has 1 aromatic carbocycles. The molecule has 106 valence electrons. The number of thioether (sulfide) groups is 1. The second-order valence-corrected chi connectivity index (χ2v) is 6.86. The summed E-state index contributed by atoms with van der Waals surface area (Å²) < 4.78 is 0. The third-order valence-corrected chi connectivity index (χ3v) is 5.52. The number of nitrogens with zero attached hydrogens (tertiary/aromatic N) is 2. The lowest BCUT2D eigenvalue weighted by Crippen LogP contribution is -2.45. The van der Waals surface area contributed by atoms with E-state index in [2.05, 4.69) is 36.9 Å². The Labute approximate surface area is 124 Å². The minimum Gasteiger partial charge on any atom is -0.352 e. The first-order valence-corrected chi connectivity index (χ1v) is 8.22. The van der Waals surface area contributed by atoms with Crippen LogP contribution in [0.2, 0.25) is 0 Å². The van der Waals surface area contributed by atoms with Gasteiger partial charge in [-0.1, -0.05) is 25.1 Å². The van der Waals surface area contributed by atoms with Gasteiger partial charge in [-0.2, -0.15) is 11.8 Å². The second kappa shape index (κ2) is 5.62. The summed E-state index contributed by atoms with van der Waals surface area (Å²) in [6, 6.07) is 10.9. The van der Waals surface area contributed by atoms with Gasteiger partial charge in [0.2, 0.25) is 0 Å². The molecule has 1 aromatic heterocycles. The SMILES string of the molecule is CC1SCCN(c2cc(CN)c3ccccc3n2)C1C. The van der Waals surface area contributed by atoms with Gasteiger partial charge in [0.1, 0.15) is 5.82 Å². The van der Waals surface area contributed by atoms with Crippen LogP contribution < -0.4 is 10.6 Å². The third kappa shape index (κ3) is 2.38. The van der Waals surface area contributed by atoms with Gasteiger partial charge >= 0.3 is 0 Å². The van der Waals surface area contributed by atoms with Crippen molar-refractivity contribution in [1.29, 1.82) is 0 Å². The molecular formula is C16H21N3S. The zero-order valence-electron chi connectivity index (χ0n) is 12.0. The average Bonchev–Trinajstić information content (AvgIpc) is 2.49. The molecule has 0 amide bonds. The molecule has 20 heavy (non-hydrogen) atoms. The highest BCUT2D eigenvalue weighted by molar-refractivity contribution is 8.00. The number of benzene rings is 1. The Morgan fingerprint density at radius 2 is 2.15 bits per heavy atom. The van der Waals surface area contributed by atoms with Crippen molar-refractivity contribution in [1.82, 2.24) is 4.98 Å². The van der Waals surface area contributed by atoms with Crippen molar-refractivity contribution in [3.8, 4) is 0 Å². The molecule has 2 unspecified atom stereocenters. The number of hydrogen-bond acceptors (Lipinski definition) is 4. The van der Waals surface area contributed by atoms with Crippen molar-refractivity contribution in [2.75, 3.05) is 17.2 Å². The standard InChI is InChI=1S/C16H21N3S/c1-11-12(2)20-8-7-19(11)16-9-13(10-17)14-5-3-4-6-15(14)18-16/h3-6,9,11-12H,7-8,10,17H2,1-2H3. The van der Waals surface area contributed by atoms with Crippen molar-refractivity contribution >= 4 is 28.5 Å². The molecule has 0 saturated carbocycles. The van der Waals surface area contributed by atoms with Crippen LogP contribution in [0, 0.1) is 0 Å². The Balaban J connectivity index is 2.07. The van der Waals surface area contributed by atoms with Gasteiger partial charge in [0, 0.05) is 35.5 Å². The van der Waals surface area contributed by atoms with Gasteiger partial charge in [-0.15, -0.1) is 0 Å². The average molecular weight is 287 g/mol. The number of hydrogen-bond donors (Lipinski definition) is 1. The van der Waals surface area contributed by atoms with E-state index < -0.39 is 0 Å². The number of rotatable bonds is 2. The van der Waals surface area contributed by atoms with Gasteiger partial charge in [-0.25, -0.2) is 4.98 Å². The smallest absolute Gasteiger partial charge is 0.129 e. The first kappa shape index (κ1) is 13.7. The molecule has 0 bridgehead atoms. The van der Waals surface area contributed by atoms with Gasteiger partial charge < -0.3 is 10.6 Å². The highest BCUT2D eigenvalue weighted by Gasteiger charge is 2.26. The number of anilines is 1. The first-order valence-electron chi connectivity index (χ1n) is 7.17. The number of fused-ring (bicyclic) bond motifs is 1. The molecule has 2 aromatic rings. The normalized spacial score (nSPS) is 23.2. The van der Waals surface area contributed by atoms with Crippen LogP contribution in [0.25, 0.3) is 10.9 Å². The Bertz CT molecular complexity index is 614. The van der Waals surface area contributed by atoms with E-state index in [0.29, 0.717) is 17.8 Å². The predicted octanol–water partition coefficient (Wildman–Crippen LogP) is 3.02. The van der Waals surface area contributed by atoms with Crippen LogP contribution in [0.1, 0.15) is 19.4 Å². The highest BCUT2D eigenvalue weighted by Crippen LogP contribution is 2.30. The van der Waals surface area contributed by atoms with E-state index in [1.54, 1.807) is 0 Å². The Kier molecular flexibility index (Phi) is 3.85. The van der Waals surface area contributed by atoms with E-state index in [4.69, 9.17) is 10.7 Å². The summed E-state index contributed by atoms with van der Waals surface area (Å²) in [5, 5.41) is 1.81. The summed E-state index contributed by atoms with van der Waals surface area (Å²) in [7, 11) is 0. The van der Waals surface area contributed by atoms with Crippen LogP contribution in [0.5, 0.6) is 0 Å². The Morgan fingerprint density at radius 1 is 1.35 bits per heavy atom. The molecule has 3 nitrogen and oxygen atoms in total. The summed E-state index contributed by atoms with van der Waals surface area (Å²) in [6.45, 7) is 6.20. The van der Waals surface area contributed by atoms with E-state index in [1.807, 2.05) is 23.9 Å². The summed E-state index contributed by atoms with van der Waals surface area (Å²) >= 11 is 2.04. The van der Waals surface area contributed by atoms with Crippen molar-refractivity contribution in [2.45, 2.75) is 31.7 Å². The van der Waals surface area contributed by atoms with Gasteiger partial charge in [0.05, 0.1) is 5.52 Å². The molecule has 1 fully saturated rings. The fourth-order valence-electron chi connectivity index (χ4n) is 2.80. The maximum Gasteiger partial charge on any atom is 0.129 e. The van der Waals surface area contributed by atoms with Crippen molar-refractivity contribution in [3.05, 3.63) is 35.9 Å². The number of aromatic nitrogens is 1. The topological polar surface area (TPSA) is 42.1 Å². The summed E-state index contributed by atoms with van der Waals surface area (Å²) in [5.74, 6) is 2.24. The molecule has 1 saturated heterocycles. The maximum atomic E-state index is 5.93. The minimum atomic E-state index is 0.507. The zero-order valence-corrected chi connectivity index (χ0v) is 12.9. The van der Waals surface area contributed by atoms with Crippen LogP contribution in [-0.2, 0) is 6.54 Å². The lowest BCUT2D eigenvalue weighted by Gasteiger charge is -2.38. The van der Waals surface area contributed by atoms with E-state index in [-0.39, 0.29) is 0 Å². The van der Waals surface area contributed by atoms with Crippen LogP contribution in [-0.4, -0.2) is 28.6 Å². The molecule has 1 aliphatic heterocycles. The molecule has 0 spiro atoms. The summed E-state index contributed by atoms with van der Waals surface area (Å²) in [5.41, 5.74) is 8.15. The fourth-order valence-corrected chi connectivity index (χ4v) is 3.90. The van der Waals surface area contributed by atoms with Crippen molar-refractivity contribution in [2.24, 2.45) is 5.73 Å². The van der Waals surface area contributed by atoms with Crippen molar-refractivity contribution < 1.29 is 0 Å². The zero-order chi connectivity index (χ0) is 14.1. The summed E-state index contributed by atoms with van der Waals surface area (Å²) in [4.78, 5) is 7.28. The number of nitrogens with two attached hydrogens (primary N) is 1.